The lowest BCUT2D eigenvalue weighted by Gasteiger charge is -2.34. The summed E-state index contributed by atoms with van der Waals surface area (Å²) in [5, 5.41) is 0. The first-order chi connectivity index (χ1) is 13.3. The van der Waals surface area contributed by atoms with Crippen molar-refractivity contribution >= 4 is 5.91 Å². The number of carbonyl (C=O) groups is 1. The lowest BCUT2D eigenvalue weighted by molar-refractivity contribution is -0.137. The molecular formula is C23H26N2O2. The summed E-state index contributed by atoms with van der Waals surface area (Å²) in [6.07, 6.45) is 5.97. The molecule has 0 radical (unpaired) electrons. The molecule has 1 amide bonds. The van der Waals surface area contributed by atoms with Crippen molar-refractivity contribution in [1.82, 2.24) is 9.80 Å². The van der Waals surface area contributed by atoms with Gasteiger partial charge in [-0.15, -0.1) is 0 Å². The van der Waals surface area contributed by atoms with Gasteiger partial charge in [0, 0.05) is 18.2 Å². The Labute approximate surface area is 161 Å². The predicted molar refractivity (Wildman–Crippen MR) is 105 cm³/mol. The van der Waals surface area contributed by atoms with Crippen LogP contribution in [0.1, 0.15) is 37.0 Å². The van der Waals surface area contributed by atoms with E-state index in [1.54, 1.807) is 6.26 Å². The molecule has 2 aromatic rings. The average molecular weight is 362 g/mol. The highest BCUT2D eigenvalue weighted by Gasteiger charge is 2.36. The van der Waals surface area contributed by atoms with Crippen LogP contribution in [0.2, 0.25) is 0 Å². The summed E-state index contributed by atoms with van der Waals surface area (Å²) in [4.78, 5) is 17.5. The molecule has 140 valence electrons. The maximum absolute atomic E-state index is 13.2. The highest BCUT2D eigenvalue weighted by molar-refractivity contribution is 5.80. The van der Waals surface area contributed by atoms with E-state index in [9.17, 15) is 4.79 Å². The van der Waals surface area contributed by atoms with Crippen LogP contribution in [-0.4, -0.2) is 41.4 Å². The van der Waals surface area contributed by atoms with E-state index in [2.05, 4.69) is 16.7 Å². The largest absolute Gasteiger partial charge is 0.468 e. The van der Waals surface area contributed by atoms with Crippen molar-refractivity contribution in [1.29, 1.82) is 0 Å². The summed E-state index contributed by atoms with van der Waals surface area (Å²) in [5.41, 5.74) is 1.00. The number of carbonyl (C=O) groups excluding carboxylic acids is 1. The zero-order valence-corrected chi connectivity index (χ0v) is 15.6. The zero-order chi connectivity index (χ0) is 18.5. The molecule has 4 rings (SSSR count). The lowest BCUT2D eigenvalue weighted by Crippen LogP contribution is -2.45. The number of hydrogen-bond donors (Lipinski definition) is 0. The average Bonchev–Trinajstić information content (AvgIpc) is 3.42. The standard InChI is InChI=1S/C23H26N2O2/c26-23(20-10-5-14-24(17-20)18-22-11-6-16-27-22)25(21-12-13-21)15-4-9-19-7-2-1-3-8-19/h1-3,6-8,11,16,20-21H,5,10,12-15,17-18H2. The van der Waals surface area contributed by atoms with Crippen molar-refractivity contribution in [3.8, 4) is 11.8 Å². The highest BCUT2D eigenvalue weighted by Crippen LogP contribution is 2.30. The van der Waals surface area contributed by atoms with Crippen molar-refractivity contribution in [3.05, 3.63) is 60.1 Å². The van der Waals surface area contributed by atoms with Gasteiger partial charge in [-0.2, -0.15) is 0 Å². The van der Waals surface area contributed by atoms with E-state index in [1.165, 1.54) is 0 Å². The number of amides is 1. The molecule has 1 aromatic carbocycles. The van der Waals surface area contributed by atoms with Gasteiger partial charge in [-0.25, -0.2) is 0 Å². The van der Waals surface area contributed by atoms with Gasteiger partial charge in [0.2, 0.25) is 5.91 Å². The fourth-order valence-corrected chi connectivity index (χ4v) is 3.78. The van der Waals surface area contributed by atoms with Crippen LogP contribution in [0, 0.1) is 17.8 Å². The van der Waals surface area contributed by atoms with Gasteiger partial charge in [-0.1, -0.05) is 30.0 Å². The van der Waals surface area contributed by atoms with Gasteiger partial charge in [-0.05, 0) is 56.5 Å². The molecule has 0 spiro atoms. The molecule has 0 N–H and O–H groups in total. The molecule has 2 aliphatic rings. The van der Waals surface area contributed by atoms with E-state index in [0.717, 1.165) is 56.6 Å². The maximum Gasteiger partial charge on any atom is 0.228 e. The Kier molecular flexibility index (Phi) is 5.60. The minimum Gasteiger partial charge on any atom is -0.468 e. The summed E-state index contributed by atoms with van der Waals surface area (Å²) in [6, 6.07) is 14.3. The van der Waals surface area contributed by atoms with Gasteiger partial charge in [0.05, 0.1) is 25.3 Å². The minimum atomic E-state index is 0.0767. The fourth-order valence-electron chi connectivity index (χ4n) is 3.78. The van der Waals surface area contributed by atoms with Gasteiger partial charge >= 0.3 is 0 Å². The van der Waals surface area contributed by atoms with E-state index in [-0.39, 0.29) is 11.8 Å². The van der Waals surface area contributed by atoms with Crippen LogP contribution in [0.5, 0.6) is 0 Å². The number of likely N-dealkylation sites (tertiary alicyclic amines) is 1. The summed E-state index contributed by atoms with van der Waals surface area (Å²) >= 11 is 0. The Morgan fingerprint density at radius 3 is 2.74 bits per heavy atom. The molecule has 1 saturated heterocycles. The van der Waals surface area contributed by atoms with Crippen molar-refractivity contribution in [2.45, 2.75) is 38.3 Å². The summed E-state index contributed by atoms with van der Waals surface area (Å²) in [6.45, 7) is 3.16. The number of piperidine rings is 1. The van der Waals surface area contributed by atoms with Crippen LogP contribution in [0.4, 0.5) is 0 Å². The molecule has 1 aromatic heterocycles. The van der Waals surface area contributed by atoms with Gasteiger partial charge < -0.3 is 9.32 Å². The van der Waals surface area contributed by atoms with Crippen molar-refractivity contribution < 1.29 is 9.21 Å². The monoisotopic (exact) mass is 362 g/mol. The van der Waals surface area contributed by atoms with Crippen LogP contribution in [0.15, 0.2) is 53.1 Å². The van der Waals surface area contributed by atoms with Crippen molar-refractivity contribution in [2.24, 2.45) is 5.92 Å². The van der Waals surface area contributed by atoms with Crippen LogP contribution in [-0.2, 0) is 11.3 Å². The Bertz CT molecular complexity index is 800. The van der Waals surface area contributed by atoms with Crippen molar-refractivity contribution in [3.63, 3.8) is 0 Å². The van der Waals surface area contributed by atoms with Crippen molar-refractivity contribution in [2.75, 3.05) is 19.6 Å². The van der Waals surface area contributed by atoms with E-state index in [4.69, 9.17) is 4.42 Å². The molecule has 4 heteroatoms. The molecular weight excluding hydrogens is 336 g/mol. The quantitative estimate of drug-likeness (QED) is 0.764. The third kappa shape index (κ3) is 4.81. The summed E-state index contributed by atoms with van der Waals surface area (Å²) < 4.78 is 5.47. The molecule has 1 unspecified atom stereocenters. The fraction of sp³-hybridized carbons (Fsp3) is 0.435. The molecule has 1 atom stereocenters. The molecule has 1 aliphatic carbocycles. The van der Waals surface area contributed by atoms with Gasteiger partial charge in [0.25, 0.3) is 0 Å². The van der Waals surface area contributed by atoms with Crippen LogP contribution >= 0.6 is 0 Å². The van der Waals surface area contributed by atoms with Gasteiger partial charge in [0.15, 0.2) is 0 Å². The van der Waals surface area contributed by atoms with Crippen LogP contribution in [0.3, 0.4) is 0 Å². The van der Waals surface area contributed by atoms with E-state index < -0.39 is 0 Å². The molecule has 2 heterocycles. The molecule has 2 fully saturated rings. The Balaban J connectivity index is 1.37. The molecule has 1 saturated carbocycles. The molecule has 27 heavy (non-hydrogen) atoms. The molecule has 1 aliphatic heterocycles. The van der Waals surface area contributed by atoms with E-state index in [0.29, 0.717) is 12.6 Å². The first-order valence-corrected chi connectivity index (χ1v) is 9.89. The van der Waals surface area contributed by atoms with E-state index >= 15 is 0 Å². The smallest absolute Gasteiger partial charge is 0.228 e. The first-order valence-electron chi connectivity index (χ1n) is 9.89. The lowest BCUT2D eigenvalue weighted by atomic mass is 9.96. The number of benzene rings is 1. The topological polar surface area (TPSA) is 36.7 Å². The Morgan fingerprint density at radius 2 is 2.00 bits per heavy atom. The van der Waals surface area contributed by atoms with Gasteiger partial charge in [0.1, 0.15) is 5.76 Å². The Morgan fingerprint density at radius 1 is 1.15 bits per heavy atom. The first kappa shape index (κ1) is 17.9. The number of rotatable bonds is 5. The zero-order valence-electron chi connectivity index (χ0n) is 15.6. The number of hydrogen-bond acceptors (Lipinski definition) is 3. The number of nitrogens with zero attached hydrogens (tertiary/aromatic N) is 2. The maximum atomic E-state index is 13.2. The SMILES string of the molecule is O=C(C1CCCN(Cc2ccco2)C1)N(CC#Cc1ccccc1)C1CC1. The van der Waals surface area contributed by atoms with E-state index in [1.807, 2.05) is 47.4 Å². The summed E-state index contributed by atoms with van der Waals surface area (Å²) in [5.74, 6) is 7.73. The van der Waals surface area contributed by atoms with Crippen LogP contribution in [0.25, 0.3) is 0 Å². The third-order valence-corrected chi connectivity index (χ3v) is 5.34. The Hall–Kier alpha value is -2.51. The predicted octanol–water partition coefficient (Wildman–Crippen LogP) is 3.53. The molecule has 4 nitrogen and oxygen atoms in total. The highest BCUT2D eigenvalue weighted by atomic mass is 16.3. The number of furan rings is 1. The normalized spacial score (nSPS) is 19.9. The second-order valence-electron chi connectivity index (χ2n) is 7.52. The molecule has 0 bridgehead atoms. The second-order valence-corrected chi connectivity index (χ2v) is 7.52. The third-order valence-electron chi connectivity index (χ3n) is 5.34. The van der Waals surface area contributed by atoms with Crippen LogP contribution < -0.4 is 0 Å². The second kappa shape index (κ2) is 8.45. The minimum absolute atomic E-state index is 0.0767. The van der Waals surface area contributed by atoms with Gasteiger partial charge in [-0.3, -0.25) is 9.69 Å². The summed E-state index contributed by atoms with van der Waals surface area (Å²) in [7, 11) is 0.